The molecule has 0 spiro atoms. The van der Waals surface area contributed by atoms with Crippen molar-refractivity contribution in [2.45, 2.75) is 38.8 Å². The number of ether oxygens (including phenoxy) is 1. The average Bonchev–Trinajstić information content (AvgIpc) is 2.86. The Kier molecular flexibility index (Phi) is 3.55. The molecule has 2 aliphatic heterocycles. The molecule has 0 bridgehead atoms. The topological polar surface area (TPSA) is 50.3 Å². The summed E-state index contributed by atoms with van der Waals surface area (Å²) in [4.78, 5) is 11.3. The van der Waals surface area contributed by atoms with Crippen LogP contribution in [0.1, 0.15) is 26.7 Å². The van der Waals surface area contributed by atoms with Gasteiger partial charge in [0.2, 0.25) is 5.88 Å². The van der Waals surface area contributed by atoms with Gasteiger partial charge in [-0.1, -0.05) is 0 Å². The minimum Gasteiger partial charge on any atom is -0.474 e. The molecule has 1 aromatic rings. The van der Waals surface area contributed by atoms with Gasteiger partial charge >= 0.3 is 0 Å². The molecule has 3 rings (SSSR count). The first-order valence-electron chi connectivity index (χ1n) is 7.20. The number of hydrogen-bond acceptors (Lipinski definition) is 5. The summed E-state index contributed by atoms with van der Waals surface area (Å²) in [6, 6.07) is 0.567. The van der Waals surface area contributed by atoms with Crippen LogP contribution in [0, 0.1) is 5.92 Å². The molecule has 5 nitrogen and oxygen atoms in total. The minimum atomic E-state index is 0.131. The maximum absolute atomic E-state index is 5.64. The maximum atomic E-state index is 5.64. The molecular formula is C14H22N4O. The van der Waals surface area contributed by atoms with E-state index in [2.05, 4.69) is 20.2 Å². The summed E-state index contributed by atoms with van der Waals surface area (Å²) in [7, 11) is 0. The quantitative estimate of drug-likeness (QED) is 0.893. The minimum absolute atomic E-state index is 0.131. The van der Waals surface area contributed by atoms with Gasteiger partial charge in [-0.15, -0.1) is 0 Å². The zero-order chi connectivity index (χ0) is 13.2. The van der Waals surface area contributed by atoms with Crippen molar-refractivity contribution in [1.29, 1.82) is 0 Å². The monoisotopic (exact) mass is 262 g/mol. The smallest absolute Gasteiger partial charge is 0.234 e. The van der Waals surface area contributed by atoms with Crippen molar-refractivity contribution in [1.82, 2.24) is 15.3 Å². The van der Waals surface area contributed by atoms with Crippen LogP contribution in [0.25, 0.3) is 0 Å². The zero-order valence-corrected chi connectivity index (χ0v) is 11.7. The normalized spacial score (nSPS) is 26.6. The van der Waals surface area contributed by atoms with Gasteiger partial charge in [0.25, 0.3) is 0 Å². The number of fused-ring (bicyclic) bond motifs is 1. The van der Waals surface area contributed by atoms with Crippen molar-refractivity contribution in [3.05, 3.63) is 12.4 Å². The van der Waals surface area contributed by atoms with Gasteiger partial charge in [-0.25, -0.2) is 0 Å². The summed E-state index contributed by atoms with van der Waals surface area (Å²) in [6.45, 7) is 7.28. The number of rotatable bonds is 3. The molecule has 0 aliphatic carbocycles. The molecule has 2 saturated heterocycles. The Balaban J connectivity index is 1.80. The van der Waals surface area contributed by atoms with Gasteiger partial charge in [0.15, 0.2) is 5.82 Å². The Morgan fingerprint density at radius 1 is 1.37 bits per heavy atom. The fourth-order valence-electron chi connectivity index (χ4n) is 3.13. The van der Waals surface area contributed by atoms with Crippen LogP contribution in [0.3, 0.4) is 0 Å². The summed E-state index contributed by atoms with van der Waals surface area (Å²) in [5, 5.41) is 3.49. The second kappa shape index (κ2) is 5.33. The number of aromatic nitrogens is 2. The maximum Gasteiger partial charge on any atom is 0.234 e. The predicted octanol–water partition coefficient (Wildman–Crippen LogP) is 1.45. The number of anilines is 1. The van der Waals surface area contributed by atoms with Crippen LogP contribution in [-0.2, 0) is 0 Å². The van der Waals surface area contributed by atoms with Crippen molar-refractivity contribution in [3.63, 3.8) is 0 Å². The largest absolute Gasteiger partial charge is 0.474 e. The Hall–Kier alpha value is -1.36. The van der Waals surface area contributed by atoms with Crippen LogP contribution < -0.4 is 15.0 Å². The number of nitrogens with one attached hydrogen (secondary N) is 1. The highest BCUT2D eigenvalue weighted by atomic mass is 16.5. The molecule has 3 heterocycles. The molecule has 1 N–H and O–H groups in total. The lowest BCUT2D eigenvalue weighted by Gasteiger charge is -2.37. The molecule has 0 aromatic carbocycles. The first kappa shape index (κ1) is 12.7. The second-order valence-corrected chi connectivity index (χ2v) is 5.70. The fraction of sp³-hybridized carbons (Fsp3) is 0.714. The van der Waals surface area contributed by atoms with Gasteiger partial charge in [-0.05, 0) is 32.6 Å². The average molecular weight is 262 g/mol. The predicted molar refractivity (Wildman–Crippen MR) is 74.5 cm³/mol. The van der Waals surface area contributed by atoms with E-state index in [0.29, 0.717) is 11.9 Å². The molecule has 0 radical (unpaired) electrons. The highest BCUT2D eigenvalue weighted by molar-refractivity contribution is 5.40. The molecule has 5 heteroatoms. The van der Waals surface area contributed by atoms with E-state index in [9.17, 15) is 0 Å². The number of nitrogens with zero attached hydrogens (tertiary/aromatic N) is 3. The van der Waals surface area contributed by atoms with Crippen LogP contribution in [0.15, 0.2) is 12.4 Å². The van der Waals surface area contributed by atoms with E-state index in [1.165, 1.54) is 12.8 Å². The molecular weight excluding hydrogens is 240 g/mol. The lowest BCUT2D eigenvalue weighted by molar-refractivity contribution is 0.231. The summed E-state index contributed by atoms with van der Waals surface area (Å²) in [5.74, 6) is 2.34. The van der Waals surface area contributed by atoms with E-state index in [-0.39, 0.29) is 6.10 Å². The SMILES string of the molecule is CC(C)Oc1cncc(N2CCCC3CNCC32)n1. The standard InChI is InChI=1S/C14H22N4O/c1-10(2)19-14-9-16-8-13(17-14)18-5-3-4-11-6-15-7-12(11)18/h8-12,15H,3-7H2,1-2H3. The molecule has 0 saturated carbocycles. The zero-order valence-electron chi connectivity index (χ0n) is 11.7. The van der Waals surface area contributed by atoms with Crippen molar-refractivity contribution < 1.29 is 4.74 Å². The Labute approximate surface area is 114 Å². The molecule has 2 aliphatic rings. The Morgan fingerprint density at radius 2 is 2.26 bits per heavy atom. The van der Waals surface area contributed by atoms with E-state index < -0.39 is 0 Å². The van der Waals surface area contributed by atoms with Crippen molar-refractivity contribution in [3.8, 4) is 5.88 Å². The highest BCUT2D eigenvalue weighted by Gasteiger charge is 2.35. The van der Waals surface area contributed by atoms with E-state index in [4.69, 9.17) is 4.74 Å². The summed E-state index contributed by atoms with van der Waals surface area (Å²) < 4.78 is 5.64. The molecule has 2 atom stereocenters. The van der Waals surface area contributed by atoms with Gasteiger partial charge < -0.3 is 15.0 Å². The third-order valence-corrected chi connectivity index (χ3v) is 3.93. The Morgan fingerprint density at radius 3 is 3.11 bits per heavy atom. The third-order valence-electron chi connectivity index (χ3n) is 3.93. The first-order valence-corrected chi connectivity index (χ1v) is 7.20. The lowest BCUT2D eigenvalue weighted by atomic mass is 9.92. The fourth-order valence-corrected chi connectivity index (χ4v) is 3.13. The van der Waals surface area contributed by atoms with Crippen LogP contribution in [0.4, 0.5) is 5.82 Å². The van der Waals surface area contributed by atoms with Crippen LogP contribution in [-0.4, -0.2) is 41.7 Å². The highest BCUT2D eigenvalue weighted by Crippen LogP contribution is 2.30. The summed E-state index contributed by atoms with van der Waals surface area (Å²) >= 11 is 0. The molecule has 2 unspecified atom stereocenters. The van der Waals surface area contributed by atoms with Gasteiger partial charge in [-0.3, -0.25) is 4.98 Å². The van der Waals surface area contributed by atoms with E-state index >= 15 is 0 Å². The number of hydrogen-bond donors (Lipinski definition) is 1. The molecule has 0 amide bonds. The molecule has 19 heavy (non-hydrogen) atoms. The van der Waals surface area contributed by atoms with Gasteiger partial charge in [0.1, 0.15) is 0 Å². The molecule has 1 aromatic heterocycles. The second-order valence-electron chi connectivity index (χ2n) is 5.70. The van der Waals surface area contributed by atoms with Gasteiger partial charge in [-0.2, -0.15) is 4.98 Å². The van der Waals surface area contributed by atoms with Gasteiger partial charge in [0.05, 0.1) is 18.5 Å². The van der Waals surface area contributed by atoms with Crippen molar-refractivity contribution in [2.75, 3.05) is 24.5 Å². The summed E-state index contributed by atoms with van der Waals surface area (Å²) in [6.07, 6.45) is 6.24. The van der Waals surface area contributed by atoms with Crippen LogP contribution in [0.5, 0.6) is 5.88 Å². The van der Waals surface area contributed by atoms with E-state index in [1.54, 1.807) is 6.20 Å². The first-order chi connectivity index (χ1) is 9.24. The van der Waals surface area contributed by atoms with E-state index in [1.807, 2.05) is 20.0 Å². The summed E-state index contributed by atoms with van der Waals surface area (Å²) in [5.41, 5.74) is 0. The van der Waals surface area contributed by atoms with Gasteiger partial charge in [0, 0.05) is 25.7 Å². The van der Waals surface area contributed by atoms with Crippen molar-refractivity contribution in [2.24, 2.45) is 5.92 Å². The van der Waals surface area contributed by atoms with E-state index in [0.717, 1.165) is 31.4 Å². The van der Waals surface area contributed by atoms with Crippen molar-refractivity contribution >= 4 is 5.82 Å². The van der Waals surface area contributed by atoms with Crippen LogP contribution >= 0.6 is 0 Å². The lowest BCUT2D eigenvalue weighted by Crippen LogP contribution is -2.45. The third kappa shape index (κ3) is 2.66. The molecule has 2 fully saturated rings. The number of piperidine rings is 1. The van der Waals surface area contributed by atoms with Crippen LogP contribution in [0.2, 0.25) is 0 Å². The molecule has 104 valence electrons. The Bertz CT molecular complexity index is 437.